The molecule has 0 bridgehead atoms. The van der Waals surface area contributed by atoms with Gasteiger partial charge < -0.3 is 5.32 Å². The number of carbonyl (C=O) groups excluding carboxylic acids is 1. The van der Waals surface area contributed by atoms with E-state index in [0.29, 0.717) is 30.9 Å². The zero-order valence-electron chi connectivity index (χ0n) is 18.8. The summed E-state index contributed by atoms with van der Waals surface area (Å²) in [6.07, 6.45) is 13.7. The lowest BCUT2D eigenvalue weighted by Gasteiger charge is -2.40. The zero-order chi connectivity index (χ0) is 23.5. The van der Waals surface area contributed by atoms with Gasteiger partial charge in [-0.05, 0) is 74.5 Å². The van der Waals surface area contributed by atoms with Gasteiger partial charge in [-0.1, -0.05) is 70.9 Å². The summed E-state index contributed by atoms with van der Waals surface area (Å²) in [7, 11) is -9.76. The van der Waals surface area contributed by atoms with Crippen molar-refractivity contribution in [2.45, 2.75) is 88.9 Å². The summed E-state index contributed by atoms with van der Waals surface area (Å²) in [5, 5.41) is 2.43. The van der Waals surface area contributed by atoms with Crippen LogP contribution in [-0.4, -0.2) is 5.91 Å². The molecule has 2 aliphatic rings. The molecule has 2 saturated carbocycles. The summed E-state index contributed by atoms with van der Waals surface area (Å²) in [6.45, 7) is 2.23. The third-order valence-electron chi connectivity index (χ3n) is 7.46. The van der Waals surface area contributed by atoms with E-state index in [2.05, 4.69) is 12.2 Å². The van der Waals surface area contributed by atoms with E-state index >= 15 is 0 Å². The molecule has 0 radical (unpaired) electrons. The SMILES string of the molecule is CCCCCC1CCC(C2CCC(C(=O)Nc3cccc(S(F)(F)(F)(F)F)c3)CC2)CC1. The van der Waals surface area contributed by atoms with Crippen LogP contribution in [0.25, 0.3) is 0 Å². The van der Waals surface area contributed by atoms with Gasteiger partial charge in [-0.3, -0.25) is 4.79 Å². The first kappa shape index (κ1) is 25.3. The Morgan fingerprint density at radius 3 is 2.06 bits per heavy atom. The number of benzene rings is 1. The summed E-state index contributed by atoms with van der Waals surface area (Å²) in [4.78, 5) is 10.6. The molecule has 0 saturated heterocycles. The molecule has 0 aromatic heterocycles. The predicted octanol–water partition coefficient (Wildman–Crippen LogP) is 9.48. The quantitative estimate of drug-likeness (QED) is 0.291. The number of hydrogen-bond acceptors (Lipinski definition) is 1. The van der Waals surface area contributed by atoms with Crippen LogP contribution >= 0.6 is 10.2 Å². The smallest absolute Gasteiger partial charge is 0.310 e. The highest BCUT2D eigenvalue weighted by molar-refractivity contribution is 8.45. The van der Waals surface area contributed by atoms with E-state index < -0.39 is 15.1 Å². The lowest BCUT2D eigenvalue weighted by molar-refractivity contribution is -0.121. The Hall–Kier alpha value is -1.31. The van der Waals surface area contributed by atoms with Gasteiger partial charge >= 0.3 is 10.2 Å². The maximum Gasteiger partial charge on any atom is 0.310 e. The summed E-state index contributed by atoms with van der Waals surface area (Å²) in [5.41, 5.74) is -0.232. The van der Waals surface area contributed by atoms with Crippen LogP contribution in [-0.2, 0) is 4.79 Å². The molecular weight excluding hydrogens is 445 g/mol. The molecule has 2 nitrogen and oxygen atoms in total. The minimum absolute atomic E-state index is 0.232. The second kappa shape index (κ2) is 9.15. The first-order valence-electron chi connectivity index (χ1n) is 12.0. The van der Waals surface area contributed by atoms with Crippen LogP contribution in [0.2, 0.25) is 0 Å². The fraction of sp³-hybridized carbons (Fsp3) is 0.708. The van der Waals surface area contributed by atoms with E-state index in [9.17, 15) is 24.2 Å². The molecule has 1 N–H and O–H groups in total. The number of anilines is 1. The van der Waals surface area contributed by atoms with Crippen molar-refractivity contribution in [3.05, 3.63) is 24.3 Å². The van der Waals surface area contributed by atoms with Crippen LogP contribution in [0, 0.1) is 23.7 Å². The molecule has 0 heterocycles. The average Bonchev–Trinajstić information content (AvgIpc) is 2.73. The summed E-state index contributed by atoms with van der Waals surface area (Å²) >= 11 is 0. The molecule has 0 spiro atoms. The van der Waals surface area contributed by atoms with Crippen LogP contribution in [0.5, 0.6) is 0 Å². The Bertz CT molecular complexity index is 782. The monoisotopic (exact) mass is 481 g/mol. The lowest BCUT2D eigenvalue weighted by Crippen LogP contribution is -2.31. The van der Waals surface area contributed by atoms with Gasteiger partial charge in [-0.15, -0.1) is 0 Å². The van der Waals surface area contributed by atoms with E-state index in [0.717, 1.165) is 30.7 Å². The maximum atomic E-state index is 13.0. The van der Waals surface area contributed by atoms with E-state index in [1.165, 1.54) is 57.4 Å². The van der Waals surface area contributed by atoms with Crippen molar-refractivity contribution in [1.29, 1.82) is 0 Å². The molecule has 1 aromatic carbocycles. The van der Waals surface area contributed by atoms with E-state index in [4.69, 9.17) is 0 Å². The summed E-state index contributed by atoms with van der Waals surface area (Å²) < 4.78 is 65.1. The Kier molecular flexibility index (Phi) is 7.24. The van der Waals surface area contributed by atoms with Crippen molar-refractivity contribution in [2.24, 2.45) is 23.7 Å². The van der Waals surface area contributed by atoms with Gasteiger partial charge in [0.25, 0.3) is 0 Å². The number of unbranched alkanes of at least 4 members (excludes halogenated alkanes) is 2. The minimum atomic E-state index is -9.76. The molecule has 1 amide bonds. The first-order chi connectivity index (χ1) is 14.9. The standard InChI is InChI=1S/C24H36F5NOS/c1-2-3-4-6-18-9-11-19(12-10-18)20-13-15-21(16-14-20)24(31)30-22-7-5-8-23(17-22)32(25,26,27,28)29/h5,7-8,17-21H,2-4,6,9-16H2,1H3,(H,30,31). The van der Waals surface area contributed by atoms with Crippen molar-refractivity contribution in [3.63, 3.8) is 0 Å². The maximum absolute atomic E-state index is 13.0. The van der Waals surface area contributed by atoms with Crippen molar-refractivity contribution >= 4 is 21.8 Å². The number of nitrogens with one attached hydrogen (secondary N) is 1. The third-order valence-corrected chi connectivity index (χ3v) is 8.61. The minimum Gasteiger partial charge on any atom is -0.326 e. The van der Waals surface area contributed by atoms with Crippen LogP contribution in [0.1, 0.15) is 84.0 Å². The third kappa shape index (κ3) is 7.09. The average molecular weight is 482 g/mol. The molecule has 0 aliphatic heterocycles. The molecule has 2 aliphatic carbocycles. The van der Waals surface area contributed by atoms with Crippen molar-refractivity contribution < 1.29 is 24.2 Å². The van der Waals surface area contributed by atoms with Gasteiger partial charge in [0.15, 0.2) is 0 Å². The van der Waals surface area contributed by atoms with Gasteiger partial charge in [0.05, 0.1) is 0 Å². The van der Waals surface area contributed by atoms with Gasteiger partial charge in [0.2, 0.25) is 5.91 Å². The van der Waals surface area contributed by atoms with Crippen LogP contribution in [0.4, 0.5) is 25.1 Å². The Morgan fingerprint density at radius 2 is 1.50 bits per heavy atom. The Labute approximate surface area is 188 Å². The van der Waals surface area contributed by atoms with Crippen LogP contribution < -0.4 is 5.32 Å². The van der Waals surface area contributed by atoms with E-state index in [-0.39, 0.29) is 17.5 Å². The molecule has 1 aromatic rings. The van der Waals surface area contributed by atoms with Gasteiger partial charge in [0.1, 0.15) is 4.90 Å². The number of rotatable bonds is 8. The Morgan fingerprint density at radius 1 is 0.906 bits per heavy atom. The van der Waals surface area contributed by atoms with Gasteiger partial charge in [-0.25, -0.2) is 0 Å². The fourth-order valence-electron chi connectivity index (χ4n) is 5.54. The zero-order valence-corrected chi connectivity index (χ0v) is 19.6. The largest absolute Gasteiger partial charge is 0.326 e. The van der Waals surface area contributed by atoms with E-state index in [1.54, 1.807) is 0 Å². The van der Waals surface area contributed by atoms with Crippen molar-refractivity contribution in [2.75, 3.05) is 5.32 Å². The fourth-order valence-corrected chi connectivity index (χ4v) is 6.23. The topological polar surface area (TPSA) is 29.1 Å². The predicted molar refractivity (Wildman–Crippen MR) is 122 cm³/mol. The first-order valence-corrected chi connectivity index (χ1v) is 14.0. The molecule has 184 valence electrons. The molecule has 8 heteroatoms. The van der Waals surface area contributed by atoms with Gasteiger partial charge in [-0.2, -0.15) is 0 Å². The molecule has 2 fully saturated rings. The number of halogens is 5. The molecule has 3 rings (SSSR count). The normalized spacial score (nSPS) is 29.1. The van der Waals surface area contributed by atoms with Crippen LogP contribution in [0.15, 0.2) is 29.2 Å². The highest BCUT2D eigenvalue weighted by Crippen LogP contribution is 3.02. The van der Waals surface area contributed by atoms with Crippen molar-refractivity contribution in [3.8, 4) is 0 Å². The van der Waals surface area contributed by atoms with Crippen molar-refractivity contribution in [1.82, 2.24) is 0 Å². The summed E-state index contributed by atoms with van der Waals surface area (Å²) in [5.74, 6) is 1.55. The molecule has 32 heavy (non-hydrogen) atoms. The van der Waals surface area contributed by atoms with Gasteiger partial charge in [0, 0.05) is 11.6 Å². The highest BCUT2D eigenvalue weighted by atomic mass is 32.5. The second-order valence-electron chi connectivity index (χ2n) is 9.87. The molecule has 0 atom stereocenters. The number of hydrogen-bond donors (Lipinski definition) is 1. The molecule has 0 unspecified atom stereocenters. The number of carbonyl (C=O) groups is 1. The number of amides is 1. The lowest BCUT2D eigenvalue weighted by atomic mass is 9.68. The Balaban J connectivity index is 1.47. The second-order valence-corrected chi connectivity index (χ2v) is 12.3. The molecular formula is C24H36F5NOS. The van der Waals surface area contributed by atoms with Crippen LogP contribution in [0.3, 0.4) is 0 Å². The van der Waals surface area contributed by atoms with E-state index in [1.807, 2.05) is 0 Å². The highest BCUT2D eigenvalue weighted by Gasteiger charge is 2.65. The summed E-state index contributed by atoms with van der Waals surface area (Å²) in [6, 6.07) is 2.80.